The maximum absolute atomic E-state index is 11.1. The van der Waals surface area contributed by atoms with Crippen LogP contribution in [0, 0.1) is 0 Å². The predicted molar refractivity (Wildman–Crippen MR) is 165 cm³/mol. The second kappa shape index (κ2) is 15.9. The summed E-state index contributed by atoms with van der Waals surface area (Å²) in [6.07, 6.45) is 6.51. The first kappa shape index (κ1) is 32.5. The van der Waals surface area contributed by atoms with Crippen LogP contribution in [0.25, 0.3) is 43.6 Å². The Hall–Kier alpha value is -5.40. The summed E-state index contributed by atoms with van der Waals surface area (Å²) in [4.78, 5) is 15.9. The largest absolute Gasteiger partial charge is 4.00 e. The molecule has 4 aromatic carbocycles. The average Bonchev–Trinajstić information content (AvgIpc) is 3.07. The fourth-order valence-corrected chi connectivity index (χ4v) is 4.30. The smallest absolute Gasteiger partial charge is 0.871 e. The van der Waals surface area contributed by atoms with Crippen LogP contribution in [-0.4, -0.2) is 19.9 Å². The molecule has 0 saturated heterocycles. The Kier molecular flexibility index (Phi) is 11.5. The Bertz CT molecular complexity index is 1830. The third-order valence-electron chi connectivity index (χ3n) is 6.38. The van der Waals surface area contributed by atoms with Crippen LogP contribution in [0.2, 0.25) is 0 Å². The van der Waals surface area contributed by atoms with Gasteiger partial charge in [0.2, 0.25) is 0 Å². The molecule has 0 aliphatic carbocycles. The fraction of sp³-hybridized carbons (Fsp3) is 0. The molecule has 8 nitrogen and oxygen atoms in total. The number of para-hydroxylation sites is 4. The summed E-state index contributed by atoms with van der Waals surface area (Å²) >= 11 is 0. The number of rotatable bonds is 0. The molecule has 4 heterocycles. The van der Waals surface area contributed by atoms with E-state index in [0.29, 0.717) is 22.1 Å². The molecule has 8 rings (SSSR count). The summed E-state index contributed by atoms with van der Waals surface area (Å²) in [5.41, 5.74) is 2.20. The molecule has 0 spiro atoms. The van der Waals surface area contributed by atoms with E-state index in [0.717, 1.165) is 21.5 Å². The number of aromatic nitrogens is 4. The first-order valence-electron chi connectivity index (χ1n) is 13.5. The number of hydrogen-bond donors (Lipinski definition) is 0. The van der Waals surface area contributed by atoms with Gasteiger partial charge in [0.25, 0.3) is 0 Å². The van der Waals surface area contributed by atoms with Crippen molar-refractivity contribution in [2.75, 3.05) is 0 Å². The Morgan fingerprint density at radius 1 is 0.289 bits per heavy atom. The van der Waals surface area contributed by atoms with E-state index in [-0.39, 0.29) is 49.2 Å². The minimum absolute atomic E-state index is 0. The summed E-state index contributed by atoms with van der Waals surface area (Å²) in [6.45, 7) is 0. The summed E-state index contributed by atoms with van der Waals surface area (Å²) in [7, 11) is 0. The van der Waals surface area contributed by atoms with Crippen LogP contribution in [0.4, 0.5) is 0 Å². The van der Waals surface area contributed by atoms with Gasteiger partial charge < -0.3 is 20.4 Å². The van der Waals surface area contributed by atoms with Gasteiger partial charge >= 0.3 is 26.2 Å². The topological polar surface area (TPSA) is 144 Å². The van der Waals surface area contributed by atoms with Crippen molar-refractivity contribution >= 4 is 43.6 Å². The molecule has 8 aromatic rings. The van der Waals surface area contributed by atoms with Crippen molar-refractivity contribution in [1.82, 2.24) is 19.9 Å². The van der Waals surface area contributed by atoms with E-state index in [1.54, 1.807) is 49.1 Å². The van der Waals surface area contributed by atoms with Crippen LogP contribution < -0.4 is 20.4 Å². The summed E-state index contributed by atoms with van der Waals surface area (Å²) in [6, 6.07) is 35.4. The van der Waals surface area contributed by atoms with Gasteiger partial charge in [0.05, 0.1) is 22.1 Å². The van der Waals surface area contributed by atoms with Crippen LogP contribution in [0.1, 0.15) is 0 Å². The third-order valence-corrected chi connectivity index (χ3v) is 6.38. The van der Waals surface area contributed by atoms with E-state index in [1.807, 2.05) is 72.8 Å². The standard InChI is InChI=1S/4C9H7NO.Zr/c4*11-8-5-1-3-7-4-2-6-10-9(7)8;/h4*1-6,11H;/q;;;;+4/p-4/i;;;;1-2. The summed E-state index contributed by atoms with van der Waals surface area (Å²) in [5, 5.41) is 48.1. The normalized spacial score (nSPS) is 9.96. The average molecular weight is 666 g/mol. The maximum Gasteiger partial charge on any atom is 4.00 e. The van der Waals surface area contributed by atoms with Gasteiger partial charge in [0, 0.05) is 24.8 Å². The van der Waals surface area contributed by atoms with Crippen LogP contribution in [0.3, 0.4) is 0 Å². The van der Waals surface area contributed by atoms with Gasteiger partial charge in [-0.2, -0.15) is 0 Å². The minimum atomic E-state index is -0.0110. The number of nitrogens with zero attached hydrogens (tertiary/aromatic N) is 4. The van der Waals surface area contributed by atoms with Crippen molar-refractivity contribution in [1.29, 1.82) is 0 Å². The zero-order valence-electron chi connectivity index (χ0n) is 23.8. The second-order valence-corrected chi connectivity index (χ2v) is 9.33. The van der Waals surface area contributed by atoms with E-state index in [2.05, 4.69) is 19.9 Å². The fourth-order valence-electron chi connectivity index (χ4n) is 4.30. The molecule has 9 heteroatoms. The van der Waals surface area contributed by atoms with Crippen LogP contribution >= 0.6 is 0 Å². The zero-order chi connectivity index (χ0) is 30.7. The van der Waals surface area contributed by atoms with Gasteiger partial charge in [-0.1, -0.05) is 120 Å². The molecule has 0 bridgehead atoms. The Balaban J connectivity index is 0.000000136. The molecule has 0 atom stereocenters. The molecule has 0 radical (unpaired) electrons. The number of pyridine rings is 4. The predicted octanol–water partition coefficient (Wildman–Crippen LogP) is 5.23. The van der Waals surface area contributed by atoms with Crippen LogP contribution in [0.5, 0.6) is 23.0 Å². The van der Waals surface area contributed by atoms with Gasteiger partial charge in [-0.05, 0) is 45.8 Å². The summed E-state index contributed by atoms with van der Waals surface area (Å²) < 4.78 is 0. The van der Waals surface area contributed by atoms with Crippen molar-refractivity contribution < 1.29 is 46.6 Å². The van der Waals surface area contributed by atoms with E-state index in [9.17, 15) is 20.4 Å². The van der Waals surface area contributed by atoms with Crippen molar-refractivity contribution in [3.05, 3.63) is 146 Å². The molecule has 0 fully saturated rings. The van der Waals surface area contributed by atoms with E-state index in [4.69, 9.17) is 0 Å². The molecule has 0 aliphatic heterocycles. The van der Waals surface area contributed by atoms with Crippen molar-refractivity contribution in [3.63, 3.8) is 0 Å². The molecule has 216 valence electrons. The molecular formula is C36H24N4O4Zr. The van der Waals surface area contributed by atoms with E-state index < -0.39 is 0 Å². The second-order valence-electron chi connectivity index (χ2n) is 9.33. The van der Waals surface area contributed by atoms with Gasteiger partial charge in [-0.15, -0.1) is 0 Å². The molecular weight excluding hydrogens is 641 g/mol. The van der Waals surface area contributed by atoms with Crippen molar-refractivity contribution in [2.45, 2.75) is 0 Å². The number of hydrogen-bond acceptors (Lipinski definition) is 8. The third kappa shape index (κ3) is 8.37. The maximum atomic E-state index is 11.1. The van der Waals surface area contributed by atoms with Crippen LogP contribution in [0.15, 0.2) is 146 Å². The first-order chi connectivity index (χ1) is 21.5. The molecule has 0 N–H and O–H groups in total. The quantitative estimate of drug-likeness (QED) is 0.214. The first-order valence-corrected chi connectivity index (χ1v) is 13.5. The van der Waals surface area contributed by atoms with Crippen molar-refractivity contribution in [3.8, 4) is 23.0 Å². The molecule has 0 saturated carbocycles. The number of benzene rings is 4. The minimum Gasteiger partial charge on any atom is -0.871 e. The monoisotopic (exact) mass is 665 g/mol. The van der Waals surface area contributed by atoms with E-state index >= 15 is 0 Å². The zero-order valence-corrected chi connectivity index (χ0v) is 26.2. The van der Waals surface area contributed by atoms with Gasteiger partial charge in [0.15, 0.2) is 0 Å². The Morgan fingerprint density at radius 3 is 0.689 bits per heavy atom. The van der Waals surface area contributed by atoms with E-state index in [1.165, 1.54) is 24.3 Å². The van der Waals surface area contributed by atoms with Crippen LogP contribution in [-0.2, 0) is 26.2 Å². The van der Waals surface area contributed by atoms with Gasteiger partial charge in [-0.3, -0.25) is 19.9 Å². The van der Waals surface area contributed by atoms with Gasteiger partial charge in [-0.25, -0.2) is 0 Å². The Labute approximate surface area is 278 Å². The summed E-state index contributed by atoms with van der Waals surface area (Å²) in [5.74, 6) is -0.0441. The molecule has 45 heavy (non-hydrogen) atoms. The molecule has 0 aliphatic rings. The Morgan fingerprint density at radius 2 is 0.489 bits per heavy atom. The van der Waals surface area contributed by atoms with Crippen molar-refractivity contribution in [2.24, 2.45) is 0 Å². The SMILES string of the molecule is [89Zr+4].[O-]c1cccc2cccnc12.[O-]c1cccc2cccnc12.[O-]c1cccc2cccnc12.[O-]c1cccc2cccnc12. The molecule has 4 aromatic heterocycles. The number of fused-ring (bicyclic) bond motifs is 4. The molecule has 0 unspecified atom stereocenters. The molecule has 0 amide bonds. The van der Waals surface area contributed by atoms with Gasteiger partial charge in [0.1, 0.15) is 0 Å².